The van der Waals surface area contributed by atoms with Crippen molar-refractivity contribution in [2.24, 2.45) is 5.92 Å². The van der Waals surface area contributed by atoms with Crippen molar-refractivity contribution in [3.8, 4) is 11.4 Å². The van der Waals surface area contributed by atoms with E-state index in [1.54, 1.807) is 29.4 Å². The normalized spacial score (nSPS) is 19.2. The molecule has 32 heavy (non-hydrogen) atoms. The quantitative estimate of drug-likeness (QED) is 0.571. The zero-order valence-electron chi connectivity index (χ0n) is 17.5. The van der Waals surface area contributed by atoms with Crippen LogP contribution in [0.3, 0.4) is 0 Å². The van der Waals surface area contributed by atoms with Crippen LogP contribution in [-0.4, -0.2) is 44.6 Å². The summed E-state index contributed by atoms with van der Waals surface area (Å²) in [7, 11) is 0. The molecule has 7 heteroatoms. The van der Waals surface area contributed by atoms with E-state index in [2.05, 4.69) is 15.3 Å². The zero-order chi connectivity index (χ0) is 22.1. The van der Waals surface area contributed by atoms with E-state index in [-0.39, 0.29) is 17.9 Å². The first-order valence-corrected chi connectivity index (χ1v) is 10.9. The first kappa shape index (κ1) is 20.2. The highest BCUT2D eigenvalue weighted by Gasteiger charge is 2.46. The van der Waals surface area contributed by atoms with Crippen LogP contribution in [0.2, 0.25) is 0 Å². The van der Waals surface area contributed by atoms with Crippen molar-refractivity contribution < 1.29 is 14.7 Å². The van der Waals surface area contributed by atoms with Gasteiger partial charge in [0.25, 0.3) is 5.91 Å². The maximum atomic E-state index is 12.8. The molecule has 2 amide bonds. The number of carboxylic acid groups (broad SMARTS) is 1. The van der Waals surface area contributed by atoms with Crippen molar-refractivity contribution in [1.29, 1.82) is 0 Å². The van der Waals surface area contributed by atoms with Crippen LogP contribution in [0.15, 0.2) is 67.0 Å². The number of benzene rings is 2. The van der Waals surface area contributed by atoms with Gasteiger partial charge in [-0.15, -0.1) is 0 Å². The molecule has 0 aliphatic heterocycles. The Labute approximate surface area is 186 Å². The number of carbonyl (C=O) groups excluding carboxylic acids is 1. The highest BCUT2D eigenvalue weighted by Crippen LogP contribution is 2.46. The number of carbonyl (C=O) groups is 2. The lowest BCUT2D eigenvalue weighted by molar-refractivity contribution is 0.102. The third kappa shape index (κ3) is 4.46. The molecule has 2 atom stereocenters. The number of hydrogen-bond acceptors (Lipinski definition) is 4. The van der Waals surface area contributed by atoms with E-state index in [9.17, 15) is 14.7 Å². The molecule has 1 heterocycles. The second-order valence-corrected chi connectivity index (χ2v) is 8.52. The molecule has 2 fully saturated rings. The van der Waals surface area contributed by atoms with Crippen LogP contribution in [0.5, 0.6) is 0 Å². The van der Waals surface area contributed by atoms with Gasteiger partial charge < -0.3 is 15.3 Å². The van der Waals surface area contributed by atoms with Crippen molar-refractivity contribution in [3.05, 3.63) is 78.1 Å². The lowest BCUT2D eigenvalue weighted by Gasteiger charge is -2.19. The van der Waals surface area contributed by atoms with Gasteiger partial charge in [0.05, 0.1) is 0 Å². The van der Waals surface area contributed by atoms with Crippen molar-refractivity contribution in [1.82, 2.24) is 14.9 Å². The molecule has 1 aromatic heterocycles. The molecule has 0 spiro atoms. The predicted molar refractivity (Wildman–Crippen MR) is 120 cm³/mol. The van der Waals surface area contributed by atoms with Crippen molar-refractivity contribution in [2.75, 3.05) is 11.9 Å². The van der Waals surface area contributed by atoms with Gasteiger partial charge >= 0.3 is 6.09 Å². The van der Waals surface area contributed by atoms with E-state index < -0.39 is 6.09 Å². The van der Waals surface area contributed by atoms with Crippen molar-refractivity contribution >= 4 is 17.7 Å². The fourth-order valence-electron chi connectivity index (χ4n) is 4.08. The second-order valence-electron chi connectivity index (χ2n) is 8.52. The molecular formula is C25H24N4O3. The zero-order valence-corrected chi connectivity index (χ0v) is 17.5. The van der Waals surface area contributed by atoms with Crippen LogP contribution >= 0.6 is 0 Å². The second kappa shape index (κ2) is 8.42. The fraction of sp³-hybridized carbons (Fsp3) is 0.280. The van der Waals surface area contributed by atoms with Crippen molar-refractivity contribution in [2.45, 2.75) is 31.2 Å². The van der Waals surface area contributed by atoms with Gasteiger partial charge in [-0.3, -0.25) is 4.79 Å². The number of nitrogens with one attached hydrogen (secondary N) is 1. The van der Waals surface area contributed by atoms with Gasteiger partial charge in [-0.25, -0.2) is 14.8 Å². The maximum absolute atomic E-state index is 12.8. The monoisotopic (exact) mass is 428 g/mol. The minimum Gasteiger partial charge on any atom is -0.465 e. The van der Waals surface area contributed by atoms with Gasteiger partial charge in [0.1, 0.15) is 0 Å². The molecule has 2 saturated carbocycles. The average Bonchev–Trinajstić information content (AvgIpc) is 3.74. The first-order valence-electron chi connectivity index (χ1n) is 10.9. The Hall–Kier alpha value is -3.74. The summed E-state index contributed by atoms with van der Waals surface area (Å²) in [4.78, 5) is 34.5. The number of aromatic nitrogens is 2. The standard InChI is InChI=1S/C25H24N4O3/c30-24(28-20-9-7-17(8-10-20)23-26-11-2-12-27-23)19-4-1-3-18(13-19)21-14-22(21)29(25(31)32)15-16-5-6-16/h1-4,7-13,16,21-22H,5-6,14-15H2,(H,28,30)(H,31,32). The van der Waals surface area contributed by atoms with Crippen LogP contribution in [0.1, 0.15) is 41.1 Å². The molecule has 7 nitrogen and oxygen atoms in total. The Morgan fingerprint density at radius 1 is 1.03 bits per heavy atom. The maximum Gasteiger partial charge on any atom is 0.407 e. The number of rotatable bonds is 7. The lowest BCUT2D eigenvalue weighted by atomic mass is 10.1. The van der Waals surface area contributed by atoms with Gasteiger partial charge in [-0.2, -0.15) is 0 Å². The number of nitrogens with zero attached hydrogens (tertiary/aromatic N) is 3. The van der Waals surface area contributed by atoms with Gasteiger partial charge in [0.15, 0.2) is 5.82 Å². The third-order valence-corrected chi connectivity index (χ3v) is 6.10. The highest BCUT2D eigenvalue weighted by atomic mass is 16.4. The molecule has 162 valence electrons. The van der Waals surface area contributed by atoms with Gasteiger partial charge in [-0.1, -0.05) is 12.1 Å². The molecule has 2 aromatic carbocycles. The molecule has 0 radical (unpaired) electrons. The summed E-state index contributed by atoms with van der Waals surface area (Å²) in [5, 5.41) is 12.5. The van der Waals surface area contributed by atoms with Gasteiger partial charge in [0, 0.05) is 47.7 Å². The number of anilines is 1. The van der Waals surface area contributed by atoms with E-state index in [0.717, 1.165) is 30.4 Å². The summed E-state index contributed by atoms with van der Waals surface area (Å²) >= 11 is 0. The summed E-state index contributed by atoms with van der Waals surface area (Å²) in [6.45, 7) is 0.626. The topological polar surface area (TPSA) is 95.4 Å². The van der Waals surface area contributed by atoms with E-state index in [4.69, 9.17) is 0 Å². The minimum absolute atomic E-state index is 0.0131. The van der Waals surface area contributed by atoms with Crippen LogP contribution in [0.4, 0.5) is 10.5 Å². The molecule has 2 aliphatic carbocycles. The van der Waals surface area contributed by atoms with E-state index in [1.165, 1.54) is 0 Å². The molecule has 5 rings (SSSR count). The van der Waals surface area contributed by atoms with E-state index >= 15 is 0 Å². The Morgan fingerprint density at radius 3 is 2.47 bits per heavy atom. The van der Waals surface area contributed by atoms with Crippen LogP contribution in [0, 0.1) is 5.92 Å². The SMILES string of the molecule is O=C(Nc1ccc(-c2ncccn2)cc1)c1cccc(C2CC2N(CC2CC2)C(=O)O)c1. The first-order chi connectivity index (χ1) is 15.6. The summed E-state index contributed by atoms with van der Waals surface area (Å²) < 4.78 is 0. The molecule has 2 N–H and O–H groups in total. The summed E-state index contributed by atoms with van der Waals surface area (Å²) in [6.07, 6.45) is 5.59. The molecule has 0 bridgehead atoms. The summed E-state index contributed by atoms with van der Waals surface area (Å²) in [6, 6.07) is 16.7. The van der Waals surface area contributed by atoms with Crippen LogP contribution < -0.4 is 5.32 Å². The average molecular weight is 428 g/mol. The minimum atomic E-state index is -0.845. The number of amides is 2. The third-order valence-electron chi connectivity index (χ3n) is 6.10. The summed E-state index contributed by atoms with van der Waals surface area (Å²) in [5.74, 6) is 1.11. The van der Waals surface area contributed by atoms with Crippen LogP contribution in [-0.2, 0) is 0 Å². The molecule has 3 aromatic rings. The van der Waals surface area contributed by atoms with Gasteiger partial charge in [0.2, 0.25) is 0 Å². The lowest BCUT2D eigenvalue weighted by Crippen LogP contribution is -2.34. The molecule has 2 unspecified atom stereocenters. The van der Waals surface area contributed by atoms with Gasteiger partial charge in [-0.05, 0) is 73.2 Å². The predicted octanol–water partition coefficient (Wildman–Crippen LogP) is 4.64. The Kier molecular flexibility index (Phi) is 5.31. The van der Waals surface area contributed by atoms with E-state index in [1.807, 2.05) is 42.5 Å². The summed E-state index contributed by atoms with van der Waals surface area (Å²) in [5.41, 5.74) is 3.14. The highest BCUT2D eigenvalue weighted by molar-refractivity contribution is 6.04. The Morgan fingerprint density at radius 2 is 1.78 bits per heavy atom. The molecular weight excluding hydrogens is 404 g/mol. The largest absolute Gasteiger partial charge is 0.465 e. The fourth-order valence-corrected chi connectivity index (χ4v) is 4.08. The Bertz CT molecular complexity index is 1130. The molecule has 0 saturated heterocycles. The van der Waals surface area contributed by atoms with Crippen molar-refractivity contribution in [3.63, 3.8) is 0 Å². The van der Waals surface area contributed by atoms with E-state index in [0.29, 0.717) is 29.5 Å². The smallest absolute Gasteiger partial charge is 0.407 e. The number of hydrogen-bond donors (Lipinski definition) is 2. The van der Waals surface area contributed by atoms with Crippen LogP contribution in [0.25, 0.3) is 11.4 Å². The Balaban J connectivity index is 1.24. The molecule has 2 aliphatic rings.